The lowest BCUT2D eigenvalue weighted by molar-refractivity contribution is -0.384. The maximum absolute atomic E-state index is 12.0. The molecule has 1 amide bonds. The van der Waals surface area contributed by atoms with Crippen molar-refractivity contribution in [1.29, 1.82) is 0 Å². The van der Waals surface area contributed by atoms with Gasteiger partial charge in [-0.15, -0.1) is 0 Å². The second kappa shape index (κ2) is 5.19. The minimum atomic E-state index is -0.553. The van der Waals surface area contributed by atoms with E-state index >= 15 is 0 Å². The third-order valence-corrected chi connectivity index (χ3v) is 2.88. The van der Waals surface area contributed by atoms with Gasteiger partial charge in [-0.05, 0) is 13.0 Å². The summed E-state index contributed by atoms with van der Waals surface area (Å²) in [5, 5.41) is 19.7. The van der Waals surface area contributed by atoms with Crippen LogP contribution in [-0.4, -0.2) is 21.0 Å². The summed E-state index contributed by atoms with van der Waals surface area (Å²) in [6, 6.07) is 4.05. The van der Waals surface area contributed by atoms with Crippen LogP contribution in [-0.2, 0) is 0 Å². The number of hydrogen-bond donors (Lipinski definition) is 2. The summed E-state index contributed by atoms with van der Waals surface area (Å²) in [5.74, 6) is 0.0179. The number of nitro groups is 1. The van der Waals surface area contributed by atoms with Crippen LogP contribution >= 0.6 is 15.9 Å². The summed E-state index contributed by atoms with van der Waals surface area (Å²) in [6.45, 7) is 1.78. The molecule has 0 radical (unpaired) electrons. The first kappa shape index (κ1) is 13.2. The first-order valence-electron chi connectivity index (χ1n) is 5.23. The fourth-order valence-corrected chi connectivity index (χ4v) is 1.95. The molecule has 2 rings (SSSR count). The number of carbonyl (C=O) groups is 1. The summed E-state index contributed by atoms with van der Waals surface area (Å²) in [6.07, 6.45) is 1.57. The number of non-ortho nitro benzene ring substituents is 1. The highest BCUT2D eigenvalue weighted by Crippen LogP contribution is 2.22. The van der Waals surface area contributed by atoms with Crippen LogP contribution < -0.4 is 5.32 Å². The quantitative estimate of drug-likeness (QED) is 0.669. The van der Waals surface area contributed by atoms with Gasteiger partial charge in [-0.1, -0.05) is 15.9 Å². The minimum absolute atomic E-state index is 0.152. The number of nitro benzene ring substituents is 1. The Morgan fingerprint density at radius 1 is 1.47 bits per heavy atom. The zero-order valence-electron chi connectivity index (χ0n) is 9.81. The van der Waals surface area contributed by atoms with Crippen molar-refractivity contribution >= 4 is 33.3 Å². The predicted molar refractivity (Wildman–Crippen MR) is 72.1 cm³/mol. The second-order valence-electron chi connectivity index (χ2n) is 3.84. The molecule has 0 atom stereocenters. The lowest BCUT2D eigenvalue weighted by Crippen LogP contribution is -2.13. The molecule has 98 valence electrons. The van der Waals surface area contributed by atoms with Crippen molar-refractivity contribution in [1.82, 2.24) is 10.2 Å². The van der Waals surface area contributed by atoms with Crippen LogP contribution in [0, 0.1) is 17.0 Å². The first-order chi connectivity index (χ1) is 8.97. The Kier molecular flexibility index (Phi) is 3.61. The van der Waals surface area contributed by atoms with E-state index in [1.54, 1.807) is 13.1 Å². The van der Waals surface area contributed by atoms with Gasteiger partial charge in [0.25, 0.3) is 11.6 Å². The van der Waals surface area contributed by atoms with Gasteiger partial charge in [-0.25, -0.2) is 0 Å². The van der Waals surface area contributed by atoms with Crippen LogP contribution in [0.4, 0.5) is 11.5 Å². The van der Waals surface area contributed by atoms with Gasteiger partial charge >= 0.3 is 0 Å². The highest BCUT2D eigenvalue weighted by atomic mass is 79.9. The highest BCUT2D eigenvalue weighted by molar-refractivity contribution is 9.10. The number of H-pyrrole nitrogens is 1. The minimum Gasteiger partial charge on any atom is -0.307 e. The monoisotopic (exact) mass is 324 g/mol. The molecule has 0 spiro atoms. The Bertz CT molecular complexity index is 653. The second-order valence-corrected chi connectivity index (χ2v) is 4.75. The molecule has 8 heteroatoms. The van der Waals surface area contributed by atoms with E-state index in [9.17, 15) is 14.9 Å². The summed E-state index contributed by atoms with van der Waals surface area (Å²) < 4.78 is 0.466. The Balaban J connectivity index is 2.29. The number of aromatic nitrogens is 2. The third-order valence-electron chi connectivity index (χ3n) is 2.42. The average molecular weight is 325 g/mol. The van der Waals surface area contributed by atoms with E-state index in [1.807, 2.05) is 0 Å². The number of nitrogens with one attached hydrogen (secondary N) is 2. The van der Waals surface area contributed by atoms with E-state index in [2.05, 4.69) is 31.4 Å². The first-order valence-corrected chi connectivity index (χ1v) is 6.03. The summed E-state index contributed by atoms with van der Waals surface area (Å²) >= 11 is 3.14. The molecule has 1 aromatic heterocycles. The molecule has 0 bridgehead atoms. The molecule has 2 N–H and O–H groups in total. The van der Waals surface area contributed by atoms with E-state index < -0.39 is 10.8 Å². The van der Waals surface area contributed by atoms with Crippen molar-refractivity contribution in [3.63, 3.8) is 0 Å². The van der Waals surface area contributed by atoms with Crippen LogP contribution in [0.1, 0.15) is 15.9 Å². The van der Waals surface area contributed by atoms with E-state index in [4.69, 9.17) is 0 Å². The number of carbonyl (C=O) groups excluding carboxylic acids is 1. The average Bonchev–Trinajstić information content (AvgIpc) is 2.74. The molecule has 19 heavy (non-hydrogen) atoms. The van der Waals surface area contributed by atoms with E-state index in [-0.39, 0.29) is 11.3 Å². The molecular formula is C11H9BrN4O3. The number of rotatable bonds is 3. The molecule has 0 saturated carbocycles. The molecule has 7 nitrogen and oxygen atoms in total. The SMILES string of the molecule is Cc1cn[nH]c1NC(=O)c1cc(Br)cc([N+](=O)[O-])c1. The lowest BCUT2D eigenvalue weighted by atomic mass is 10.2. The molecule has 0 aliphatic heterocycles. The van der Waals surface area contributed by atoms with Crippen LogP contribution in [0.2, 0.25) is 0 Å². The van der Waals surface area contributed by atoms with Crippen molar-refractivity contribution in [3.05, 3.63) is 50.1 Å². The zero-order chi connectivity index (χ0) is 14.0. The van der Waals surface area contributed by atoms with Crippen LogP contribution in [0.5, 0.6) is 0 Å². The van der Waals surface area contributed by atoms with Gasteiger partial charge in [0, 0.05) is 27.7 Å². The van der Waals surface area contributed by atoms with Crippen LogP contribution in [0.25, 0.3) is 0 Å². The molecule has 0 fully saturated rings. The number of benzene rings is 1. The maximum atomic E-state index is 12.0. The predicted octanol–water partition coefficient (Wildman–Crippen LogP) is 2.64. The van der Waals surface area contributed by atoms with Gasteiger partial charge in [-0.3, -0.25) is 20.0 Å². The molecule has 0 unspecified atom stereocenters. The van der Waals surface area contributed by atoms with Crippen LogP contribution in [0.15, 0.2) is 28.9 Å². The molecular weight excluding hydrogens is 316 g/mol. The fraction of sp³-hybridized carbons (Fsp3) is 0.0909. The Morgan fingerprint density at radius 2 is 2.21 bits per heavy atom. The topological polar surface area (TPSA) is 101 Å². The van der Waals surface area contributed by atoms with Gasteiger partial charge in [0.05, 0.1) is 11.1 Å². The number of nitrogens with zero attached hydrogens (tertiary/aromatic N) is 2. The smallest absolute Gasteiger partial charge is 0.271 e. The van der Waals surface area contributed by atoms with Crippen LogP contribution in [0.3, 0.4) is 0 Å². The van der Waals surface area contributed by atoms with Gasteiger partial charge < -0.3 is 5.32 Å². The number of hydrogen-bond acceptors (Lipinski definition) is 4. The Morgan fingerprint density at radius 3 is 2.79 bits per heavy atom. The lowest BCUT2D eigenvalue weighted by Gasteiger charge is -2.04. The van der Waals surface area contributed by atoms with Gasteiger partial charge in [0.2, 0.25) is 0 Å². The van der Waals surface area contributed by atoms with Gasteiger partial charge in [0.1, 0.15) is 5.82 Å². The van der Waals surface area contributed by atoms with Gasteiger partial charge in [0.15, 0.2) is 0 Å². The van der Waals surface area contributed by atoms with Crippen molar-refractivity contribution in [2.75, 3.05) is 5.32 Å². The van der Waals surface area contributed by atoms with Gasteiger partial charge in [-0.2, -0.15) is 5.10 Å². The van der Waals surface area contributed by atoms with Crippen molar-refractivity contribution in [3.8, 4) is 0 Å². The maximum Gasteiger partial charge on any atom is 0.271 e. The Hall–Kier alpha value is -2.22. The van der Waals surface area contributed by atoms with E-state index in [0.717, 1.165) is 5.56 Å². The molecule has 0 aliphatic carbocycles. The van der Waals surface area contributed by atoms with E-state index in [1.165, 1.54) is 18.2 Å². The standard InChI is InChI=1S/C11H9BrN4O3/c1-6-5-13-15-10(6)14-11(17)7-2-8(12)4-9(3-7)16(18)19/h2-5H,1H3,(H2,13,14,15,17). The number of aromatic amines is 1. The van der Waals surface area contributed by atoms with Crippen molar-refractivity contribution in [2.45, 2.75) is 6.92 Å². The molecule has 1 heterocycles. The zero-order valence-corrected chi connectivity index (χ0v) is 11.4. The Labute approximate surface area is 116 Å². The summed E-state index contributed by atoms with van der Waals surface area (Å²) in [5.41, 5.74) is 0.814. The molecule has 2 aromatic rings. The number of halogens is 1. The molecule has 1 aromatic carbocycles. The highest BCUT2D eigenvalue weighted by Gasteiger charge is 2.15. The third kappa shape index (κ3) is 2.97. The summed E-state index contributed by atoms with van der Waals surface area (Å²) in [4.78, 5) is 22.2. The molecule has 0 saturated heterocycles. The largest absolute Gasteiger partial charge is 0.307 e. The number of amides is 1. The van der Waals surface area contributed by atoms with E-state index in [0.29, 0.717) is 10.3 Å². The van der Waals surface area contributed by atoms with Crippen molar-refractivity contribution in [2.24, 2.45) is 0 Å². The normalized spacial score (nSPS) is 10.2. The molecule has 0 aliphatic rings. The fourth-order valence-electron chi connectivity index (χ4n) is 1.47. The number of anilines is 1. The number of aryl methyl sites for hydroxylation is 1. The summed E-state index contributed by atoms with van der Waals surface area (Å²) in [7, 11) is 0. The van der Waals surface area contributed by atoms with Crippen molar-refractivity contribution < 1.29 is 9.72 Å².